The van der Waals surface area contributed by atoms with E-state index in [0.717, 1.165) is 5.82 Å². The number of carbonyl (C=O) groups excluding carboxylic acids is 1. The highest BCUT2D eigenvalue weighted by molar-refractivity contribution is 5.92. The van der Waals surface area contributed by atoms with Crippen LogP contribution in [0, 0.1) is 0 Å². The number of imidazole rings is 1. The van der Waals surface area contributed by atoms with Crippen LogP contribution in [0.5, 0.6) is 0 Å². The van der Waals surface area contributed by atoms with Crippen LogP contribution in [-0.2, 0) is 18.3 Å². The summed E-state index contributed by atoms with van der Waals surface area (Å²) in [6.45, 7) is 2.41. The van der Waals surface area contributed by atoms with Crippen LogP contribution in [0.1, 0.15) is 23.2 Å². The average Bonchev–Trinajstić information content (AvgIpc) is 2.89. The van der Waals surface area contributed by atoms with Gasteiger partial charge in [-0.25, -0.2) is 9.78 Å². The van der Waals surface area contributed by atoms with Crippen molar-refractivity contribution in [1.82, 2.24) is 24.3 Å². The lowest BCUT2D eigenvalue weighted by molar-refractivity contribution is 0.0521. The van der Waals surface area contributed by atoms with Gasteiger partial charge in [0, 0.05) is 7.05 Å². The fourth-order valence-electron chi connectivity index (χ4n) is 1.48. The van der Waals surface area contributed by atoms with Gasteiger partial charge in [0.05, 0.1) is 19.5 Å². The summed E-state index contributed by atoms with van der Waals surface area (Å²) in [4.78, 5) is 15.5. The van der Waals surface area contributed by atoms with Gasteiger partial charge in [-0.1, -0.05) is 0 Å². The van der Waals surface area contributed by atoms with Gasteiger partial charge in [0.2, 0.25) is 0 Å². The Bertz CT molecular complexity index is 558. The first-order chi connectivity index (χ1) is 8.63. The summed E-state index contributed by atoms with van der Waals surface area (Å²) in [5.41, 5.74) is 5.97. The number of hydrogen-bond donors (Lipinski definition) is 1. The predicted molar refractivity (Wildman–Crippen MR) is 62.7 cm³/mol. The van der Waals surface area contributed by atoms with Crippen LogP contribution in [0.2, 0.25) is 0 Å². The quantitative estimate of drug-likeness (QED) is 0.755. The van der Waals surface area contributed by atoms with Gasteiger partial charge in [-0.05, 0) is 6.92 Å². The topological polar surface area (TPSA) is 101 Å². The van der Waals surface area contributed by atoms with E-state index in [9.17, 15) is 4.79 Å². The van der Waals surface area contributed by atoms with Crippen LogP contribution >= 0.6 is 0 Å². The minimum Gasteiger partial charge on any atom is -0.461 e. The van der Waals surface area contributed by atoms with E-state index in [2.05, 4.69) is 15.2 Å². The van der Waals surface area contributed by atoms with Crippen LogP contribution in [0.15, 0.2) is 12.7 Å². The first-order valence-corrected chi connectivity index (χ1v) is 5.44. The Morgan fingerprint density at radius 1 is 1.50 bits per heavy atom. The summed E-state index contributed by atoms with van der Waals surface area (Å²) in [6, 6.07) is 0. The minimum atomic E-state index is -0.522. The van der Waals surface area contributed by atoms with Crippen molar-refractivity contribution >= 4 is 11.8 Å². The van der Waals surface area contributed by atoms with Gasteiger partial charge in [0.25, 0.3) is 0 Å². The van der Waals surface area contributed by atoms with E-state index >= 15 is 0 Å². The van der Waals surface area contributed by atoms with Gasteiger partial charge in [0.15, 0.2) is 11.5 Å². The maximum absolute atomic E-state index is 11.5. The van der Waals surface area contributed by atoms with Crippen molar-refractivity contribution in [2.45, 2.75) is 13.5 Å². The smallest absolute Gasteiger partial charge is 0.360 e. The number of hydrogen-bond acceptors (Lipinski definition) is 6. The molecule has 0 unspecified atom stereocenters. The summed E-state index contributed by atoms with van der Waals surface area (Å²) >= 11 is 0. The van der Waals surface area contributed by atoms with Crippen molar-refractivity contribution in [3.05, 3.63) is 24.2 Å². The Morgan fingerprint density at radius 3 is 2.89 bits per heavy atom. The molecule has 8 heteroatoms. The second kappa shape index (κ2) is 4.86. The molecule has 0 amide bonds. The van der Waals surface area contributed by atoms with E-state index in [4.69, 9.17) is 10.5 Å². The van der Waals surface area contributed by atoms with Crippen LogP contribution in [0.4, 0.5) is 5.82 Å². The molecule has 0 atom stereocenters. The maximum atomic E-state index is 11.5. The highest BCUT2D eigenvalue weighted by Gasteiger charge is 2.17. The standard InChI is InChI=1S/C10H14N6O2/c1-3-18-10(17)8-9(11)16(5-12-8)4-7-14-13-6-15(7)2/h5-6H,3-4,11H2,1-2H3. The lowest BCUT2D eigenvalue weighted by Gasteiger charge is -2.04. The van der Waals surface area contributed by atoms with Crippen molar-refractivity contribution in [2.24, 2.45) is 7.05 Å². The molecule has 8 nitrogen and oxygen atoms in total. The zero-order chi connectivity index (χ0) is 13.1. The molecule has 96 valence electrons. The van der Waals surface area contributed by atoms with Gasteiger partial charge in [-0.15, -0.1) is 10.2 Å². The number of nitrogens with zero attached hydrogens (tertiary/aromatic N) is 5. The van der Waals surface area contributed by atoms with Gasteiger partial charge in [0.1, 0.15) is 12.1 Å². The summed E-state index contributed by atoms with van der Waals surface area (Å²) < 4.78 is 8.24. The third-order valence-electron chi connectivity index (χ3n) is 2.46. The van der Waals surface area contributed by atoms with Gasteiger partial charge < -0.3 is 19.6 Å². The lowest BCUT2D eigenvalue weighted by atomic mass is 10.4. The van der Waals surface area contributed by atoms with E-state index in [1.807, 2.05) is 7.05 Å². The van der Waals surface area contributed by atoms with E-state index in [-0.39, 0.29) is 18.1 Å². The molecule has 2 rings (SSSR count). The minimum absolute atomic E-state index is 0.124. The number of ether oxygens (including phenoxy) is 1. The van der Waals surface area contributed by atoms with Crippen LogP contribution in [-0.4, -0.2) is 36.9 Å². The summed E-state index contributed by atoms with van der Waals surface area (Å²) in [5, 5.41) is 7.70. The third-order valence-corrected chi connectivity index (χ3v) is 2.46. The molecule has 0 saturated heterocycles. The van der Waals surface area contributed by atoms with Crippen molar-refractivity contribution in [1.29, 1.82) is 0 Å². The second-order valence-electron chi connectivity index (χ2n) is 3.68. The van der Waals surface area contributed by atoms with Crippen molar-refractivity contribution in [2.75, 3.05) is 12.3 Å². The number of anilines is 1. The van der Waals surface area contributed by atoms with Crippen molar-refractivity contribution in [3.8, 4) is 0 Å². The second-order valence-corrected chi connectivity index (χ2v) is 3.68. The van der Waals surface area contributed by atoms with Crippen molar-refractivity contribution in [3.63, 3.8) is 0 Å². The van der Waals surface area contributed by atoms with Gasteiger partial charge in [-0.3, -0.25) is 0 Å². The monoisotopic (exact) mass is 250 g/mol. The Labute approximate surface area is 103 Å². The van der Waals surface area contributed by atoms with Crippen LogP contribution < -0.4 is 5.73 Å². The lowest BCUT2D eigenvalue weighted by Crippen LogP contribution is -2.11. The van der Waals surface area contributed by atoms with Gasteiger partial charge in [-0.2, -0.15) is 0 Å². The third kappa shape index (κ3) is 2.17. The van der Waals surface area contributed by atoms with Crippen LogP contribution in [0.3, 0.4) is 0 Å². The first-order valence-electron chi connectivity index (χ1n) is 5.44. The fraction of sp³-hybridized carbons (Fsp3) is 0.400. The van der Waals surface area contributed by atoms with E-state index < -0.39 is 5.97 Å². The van der Waals surface area contributed by atoms with Crippen LogP contribution in [0.25, 0.3) is 0 Å². The zero-order valence-corrected chi connectivity index (χ0v) is 10.2. The molecule has 0 fully saturated rings. The number of aromatic nitrogens is 5. The maximum Gasteiger partial charge on any atom is 0.360 e. The first kappa shape index (κ1) is 12.1. The highest BCUT2D eigenvalue weighted by Crippen LogP contribution is 2.12. The Kier molecular flexibility index (Phi) is 3.26. The number of rotatable bonds is 4. The summed E-state index contributed by atoms with van der Waals surface area (Å²) in [6.07, 6.45) is 3.07. The molecule has 0 spiro atoms. The van der Waals surface area contributed by atoms with E-state index in [1.54, 1.807) is 22.4 Å². The zero-order valence-electron chi connectivity index (χ0n) is 10.2. The fourth-order valence-corrected chi connectivity index (χ4v) is 1.48. The molecule has 2 aromatic rings. The molecule has 0 aromatic carbocycles. The predicted octanol–water partition coefficient (Wildman–Crippen LogP) is -0.181. The Hall–Kier alpha value is -2.38. The molecule has 2 aromatic heterocycles. The molecule has 2 N–H and O–H groups in total. The SMILES string of the molecule is CCOC(=O)c1ncn(Cc2nncn2C)c1N. The molecule has 18 heavy (non-hydrogen) atoms. The largest absolute Gasteiger partial charge is 0.461 e. The number of nitrogens with two attached hydrogens (primary N) is 1. The molecule has 2 heterocycles. The van der Waals surface area contributed by atoms with Gasteiger partial charge >= 0.3 is 5.97 Å². The molecule has 0 saturated carbocycles. The highest BCUT2D eigenvalue weighted by atomic mass is 16.5. The summed E-state index contributed by atoms with van der Waals surface area (Å²) in [7, 11) is 1.83. The number of carbonyl (C=O) groups is 1. The normalized spacial score (nSPS) is 10.6. The number of esters is 1. The van der Waals surface area contributed by atoms with Crippen molar-refractivity contribution < 1.29 is 9.53 Å². The number of nitrogen functional groups attached to an aromatic ring is 1. The van der Waals surface area contributed by atoms with E-state index in [1.165, 1.54) is 6.33 Å². The molecule has 0 radical (unpaired) electrons. The molecule has 0 aliphatic heterocycles. The molecule has 0 aliphatic rings. The Morgan fingerprint density at radius 2 is 2.28 bits per heavy atom. The molecular formula is C10H14N6O2. The Balaban J connectivity index is 2.21. The number of aryl methyl sites for hydroxylation is 1. The molecular weight excluding hydrogens is 236 g/mol. The average molecular weight is 250 g/mol. The molecule has 0 bridgehead atoms. The molecule has 0 aliphatic carbocycles. The van der Waals surface area contributed by atoms with E-state index in [0.29, 0.717) is 6.54 Å². The summed E-state index contributed by atoms with van der Waals surface area (Å²) in [5.74, 6) is 0.456.